The SMILES string of the molecule is CN1C(=O)N[C@H]2[C@H]1N(C)C(=O)N2/N=C\c1ccccc1. The van der Waals surface area contributed by atoms with Gasteiger partial charge in [-0.2, -0.15) is 10.1 Å². The number of hydrazone groups is 1. The molecule has 0 radical (unpaired) electrons. The Morgan fingerprint density at radius 1 is 1.15 bits per heavy atom. The molecule has 2 aliphatic heterocycles. The van der Waals surface area contributed by atoms with Crippen molar-refractivity contribution in [2.45, 2.75) is 12.3 Å². The molecule has 4 amide bonds. The monoisotopic (exact) mass is 273 g/mol. The van der Waals surface area contributed by atoms with E-state index in [9.17, 15) is 9.59 Å². The number of likely N-dealkylation sites (N-methyl/N-ethyl adjacent to an activating group) is 2. The van der Waals surface area contributed by atoms with Crippen molar-refractivity contribution < 1.29 is 9.59 Å². The van der Waals surface area contributed by atoms with E-state index in [4.69, 9.17) is 0 Å². The highest BCUT2D eigenvalue weighted by Gasteiger charge is 2.53. The number of hydrogen-bond acceptors (Lipinski definition) is 3. The molecule has 3 rings (SSSR count). The van der Waals surface area contributed by atoms with Gasteiger partial charge in [0.05, 0.1) is 6.21 Å². The zero-order valence-corrected chi connectivity index (χ0v) is 11.2. The molecule has 1 aromatic carbocycles. The molecule has 0 aromatic heterocycles. The van der Waals surface area contributed by atoms with Gasteiger partial charge in [-0.1, -0.05) is 30.3 Å². The molecule has 2 aliphatic rings. The quantitative estimate of drug-likeness (QED) is 0.806. The van der Waals surface area contributed by atoms with Gasteiger partial charge < -0.3 is 15.1 Å². The Bertz CT molecular complexity index is 573. The molecule has 7 nitrogen and oxygen atoms in total. The van der Waals surface area contributed by atoms with Crippen LogP contribution < -0.4 is 5.32 Å². The minimum Gasteiger partial charge on any atom is -0.312 e. The van der Waals surface area contributed by atoms with Crippen LogP contribution in [0.2, 0.25) is 0 Å². The number of urea groups is 2. The van der Waals surface area contributed by atoms with Gasteiger partial charge in [0.1, 0.15) is 0 Å². The highest BCUT2D eigenvalue weighted by Crippen LogP contribution is 2.26. The van der Waals surface area contributed by atoms with E-state index in [0.717, 1.165) is 5.56 Å². The Morgan fingerprint density at radius 3 is 2.55 bits per heavy atom. The summed E-state index contributed by atoms with van der Waals surface area (Å²) in [4.78, 5) is 26.8. The van der Waals surface area contributed by atoms with Crippen molar-refractivity contribution in [2.24, 2.45) is 5.10 Å². The number of amides is 4. The van der Waals surface area contributed by atoms with Gasteiger partial charge >= 0.3 is 12.1 Å². The summed E-state index contributed by atoms with van der Waals surface area (Å²) >= 11 is 0. The van der Waals surface area contributed by atoms with Gasteiger partial charge in [-0.05, 0) is 5.56 Å². The van der Waals surface area contributed by atoms with E-state index in [1.54, 1.807) is 20.3 Å². The third-order valence-corrected chi connectivity index (χ3v) is 3.56. The summed E-state index contributed by atoms with van der Waals surface area (Å²) in [6.07, 6.45) is 0.825. The van der Waals surface area contributed by atoms with Crippen molar-refractivity contribution in [3.63, 3.8) is 0 Å². The number of fused-ring (bicyclic) bond motifs is 1. The van der Waals surface area contributed by atoms with E-state index >= 15 is 0 Å². The highest BCUT2D eigenvalue weighted by atomic mass is 16.2. The summed E-state index contributed by atoms with van der Waals surface area (Å²) in [6, 6.07) is 9.04. The molecule has 0 aliphatic carbocycles. The number of nitrogens with one attached hydrogen (secondary N) is 1. The van der Waals surface area contributed by atoms with E-state index in [1.807, 2.05) is 30.3 Å². The Kier molecular flexibility index (Phi) is 2.81. The molecule has 0 bridgehead atoms. The number of carbonyl (C=O) groups excluding carboxylic acids is 2. The lowest BCUT2D eigenvalue weighted by Gasteiger charge is -2.21. The van der Waals surface area contributed by atoms with Gasteiger partial charge in [-0.15, -0.1) is 0 Å². The molecule has 0 spiro atoms. The van der Waals surface area contributed by atoms with Crippen LogP contribution in [0.4, 0.5) is 9.59 Å². The molecule has 2 heterocycles. The maximum atomic E-state index is 12.2. The fourth-order valence-electron chi connectivity index (χ4n) is 2.48. The van der Waals surface area contributed by atoms with Gasteiger partial charge in [0, 0.05) is 14.1 Å². The number of benzene rings is 1. The lowest BCUT2D eigenvalue weighted by molar-refractivity contribution is 0.161. The summed E-state index contributed by atoms with van der Waals surface area (Å²) in [7, 11) is 3.32. The molecule has 0 saturated carbocycles. The summed E-state index contributed by atoms with van der Waals surface area (Å²) < 4.78 is 0. The van der Waals surface area contributed by atoms with Crippen molar-refractivity contribution in [2.75, 3.05) is 14.1 Å². The van der Waals surface area contributed by atoms with Crippen molar-refractivity contribution in [3.05, 3.63) is 35.9 Å². The molecule has 2 fully saturated rings. The van der Waals surface area contributed by atoms with Crippen LogP contribution in [0, 0.1) is 0 Å². The largest absolute Gasteiger partial charge is 0.344 e. The lowest BCUT2D eigenvalue weighted by atomic mass is 10.2. The van der Waals surface area contributed by atoms with Gasteiger partial charge in [-0.25, -0.2) is 9.59 Å². The molecule has 1 aromatic rings. The molecule has 2 atom stereocenters. The first-order valence-corrected chi connectivity index (χ1v) is 6.28. The third-order valence-electron chi connectivity index (χ3n) is 3.56. The van der Waals surface area contributed by atoms with Crippen LogP contribution in [0.1, 0.15) is 5.56 Å². The Labute approximate surface area is 116 Å². The molecule has 2 saturated heterocycles. The molecular weight excluding hydrogens is 258 g/mol. The summed E-state index contributed by atoms with van der Waals surface area (Å²) in [5.41, 5.74) is 0.893. The average Bonchev–Trinajstić information content (AvgIpc) is 2.86. The summed E-state index contributed by atoms with van der Waals surface area (Å²) in [6.45, 7) is 0. The predicted molar refractivity (Wildman–Crippen MR) is 72.9 cm³/mol. The maximum absolute atomic E-state index is 12.2. The number of nitrogens with zero attached hydrogens (tertiary/aromatic N) is 4. The summed E-state index contributed by atoms with van der Waals surface area (Å²) in [5, 5.41) is 8.27. The number of carbonyl (C=O) groups is 2. The van der Waals surface area contributed by atoms with Crippen LogP contribution in [-0.2, 0) is 0 Å². The van der Waals surface area contributed by atoms with Crippen molar-refractivity contribution in [1.29, 1.82) is 0 Å². The molecule has 20 heavy (non-hydrogen) atoms. The second-order valence-corrected chi connectivity index (χ2v) is 4.81. The maximum Gasteiger partial charge on any atom is 0.344 e. The predicted octanol–water partition coefficient (Wildman–Crippen LogP) is 0.695. The first-order chi connectivity index (χ1) is 9.59. The zero-order chi connectivity index (χ0) is 14.3. The van der Waals surface area contributed by atoms with E-state index in [2.05, 4.69) is 10.4 Å². The van der Waals surface area contributed by atoms with E-state index in [-0.39, 0.29) is 18.2 Å². The standard InChI is InChI=1S/C13H15N5O2/c1-16-11-10(15-12(16)19)18(13(20)17(11)2)14-8-9-6-4-3-5-7-9/h3-8,10-11H,1-2H3,(H,15,19)/b14-8-/t10-,11-/m1/s1. The second-order valence-electron chi connectivity index (χ2n) is 4.81. The van der Waals surface area contributed by atoms with Gasteiger partial charge in [0.15, 0.2) is 12.3 Å². The van der Waals surface area contributed by atoms with Crippen LogP contribution in [0.15, 0.2) is 35.4 Å². The average molecular weight is 273 g/mol. The van der Waals surface area contributed by atoms with Crippen LogP contribution >= 0.6 is 0 Å². The van der Waals surface area contributed by atoms with Gasteiger partial charge in [-0.3, -0.25) is 0 Å². The van der Waals surface area contributed by atoms with Crippen molar-refractivity contribution >= 4 is 18.3 Å². The fourth-order valence-corrected chi connectivity index (χ4v) is 2.48. The normalized spacial score (nSPS) is 25.6. The first-order valence-electron chi connectivity index (χ1n) is 6.28. The minimum absolute atomic E-state index is 0.209. The van der Waals surface area contributed by atoms with E-state index in [1.165, 1.54) is 14.8 Å². The molecule has 7 heteroatoms. The van der Waals surface area contributed by atoms with Crippen molar-refractivity contribution in [3.8, 4) is 0 Å². The van der Waals surface area contributed by atoms with Gasteiger partial charge in [0.25, 0.3) is 0 Å². The molecule has 1 N–H and O–H groups in total. The van der Waals surface area contributed by atoms with Crippen LogP contribution in [0.3, 0.4) is 0 Å². The van der Waals surface area contributed by atoms with Crippen LogP contribution in [-0.4, -0.2) is 59.5 Å². The fraction of sp³-hybridized carbons (Fsp3) is 0.308. The first kappa shape index (κ1) is 12.5. The minimum atomic E-state index is -0.454. The van der Waals surface area contributed by atoms with E-state index < -0.39 is 6.17 Å². The molecular formula is C13H15N5O2. The smallest absolute Gasteiger partial charge is 0.312 e. The highest BCUT2D eigenvalue weighted by molar-refractivity contribution is 5.86. The van der Waals surface area contributed by atoms with Crippen LogP contribution in [0.25, 0.3) is 0 Å². The lowest BCUT2D eigenvalue weighted by Crippen LogP contribution is -2.42. The van der Waals surface area contributed by atoms with Crippen LogP contribution in [0.5, 0.6) is 0 Å². The van der Waals surface area contributed by atoms with E-state index in [0.29, 0.717) is 0 Å². The molecule has 104 valence electrons. The topological polar surface area (TPSA) is 68.2 Å². The zero-order valence-electron chi connectivity index (χ0n) is 11.2. The molecule has 0 unspecified atom stereocenters. The van der Waals surface area contributed by atoms with Gasteiger partial charge in [0.2, 0.25) is 0 Å². The number of rotatable bonds is 2. The Hall–Kier alpha value is -2.57. The summed E-state index contributed by atoms with van der Waals surface area (Å²) in [5.74, 6) is 0. The second kappa shape index (κ2) is 4.52. The Balaban J connectivity index is 1.85. The number of hydrogen-bond donors (Lipinski definition) is 1. The third kappa shape index (κ3) is 1.78. The van der Waals surface area contributed by atoms with Crippen molar-refractivity contribution in [1.82, 2.24) is 20.1 Å². The Morgan fingerprint density at radius 2 is 1.85 bits per heavy atom.